The minimum absolute atomic E-state index is 0.211. The Balaban J connectivity index is 2.41. The molecule has 1 rings (SSSR count). The lowest BCUT2D eigenvalue weighted by Crippen LogP contribution is -2.28. The summed E-state index contributed by atoms with van der Waals surface area (Å²) in [7, 11) is 0. The quantitative estimate of drug-likeness (QED) is 0.851. The molecule has 0 radical (unpaired) electrons. The molecule has 0 aromatic carbocycles. The van der Waals surface area contributed by atoms with Gasteiger partial charge in [0, 0.05) is 0 Å². The molecule has 2 N–H and O–H groups in total. The van der Waals surface area contributed by atoms with Gasteiger partial charge in [0.05, 0.1) is 0 Å². The fourth-order valence-corrected chi connectivity index (χ4v) is 1.15. The maximum Gasteiger partial charge on any atom is 0.414 e. The van der Waals surface area contributed by atoms with Crippen LogP contribution in [0, 0.1) is 0 Å². The van der Waals surface area contributed by atoms with Crippen LogP contribution < -0.4 is 5.73 Å². The van der Waals surface area contributed by atoms with E-state index in [2.05, 4.69) is 14.9 Å². The predicted octanol–water partition coefficient (Wildman–Crippen LogP) is 1.59. The van der Waals surface area contributed by atoms with E-state index in [0.717, 1.165) is 18.3 Å². The maximum absolute atomic E-state index is 12.0. The van der Waals surface area contributed by atoms with Crippen molar-refractivity contribution in [3.8, 4) is 0 Å². The fourth-order valence-electron chi connectivity index (χ4n) is 0.616. The van der Waals surface area contributed by atoms with Crippen LogP contribution in [0.2, 0.25) is 0 Å². The van der Waals surface area contributed by atoms with E-state index in [-0.39, 0.29) is 11.7 Å². The second kappa shape index (κ2) is 4.09. The Bertz CT molecular complexity index is 301. The summed E-state index contributed by atoms with van der Waals surface area (Å²) in [6.07, 6.45) is -6.16. The van der Waals surface area contributed by atoms with Crippen LogP contribution in [0.15, 0.2) is 0 Å². The van der Waals surface area contributed by atoms with Gasteiger partial charge in [-0.1, -0.05) is 11.3 Å². The highest BCUT2D eigenvalue weighted by atomic mass is 32.1. The molecule has 1 heterocycles. The number of hydrogen-bond donors (Lipinski definition) is 1. The second-order valence-corrected chi connectivity index (χ2v) is 3.62. The molecule has 1 atom stereocenters. The zero-order valence-electron chi connectivity index (χ0n) is 7.21. The Kier molecular flexibility index (Phi) is 3.27. The first-order chi connectivity index (χ1) is 6.39. The zero-order chi connectivity index (χ0) is 10.8. The van der Waals surface area contributed by atoms with Crippen molar-refractivity contribution in [3.05, 3.63) is 5.01 Å². The molecule has 8 heteroatoms. The molecular formula is C6H8F3N3OS. The van der Waals surface area contributed by atoms with Crippen LogP contribution in [-0.4, -0.2) is 22.5 Å². The smallest absolute Gasteiger partial charge is 0.374 e. The van der Waals surface area contributed by atoms with Gasteiger partial charge in [-0.05, 0) is 6.92 Å². The van der Waals surface area contributed by atoms with Crippen molar-refractivity contribution in [3.63, 3.8) is 0 Å². The monoisotopic (exact) mass is 227 g/mol. The number of halogens is 3. The number of hydrogen-bond acceptors (Lipinski definition) is 5. The molecule has 80 valence electrons. The summed E-state index contributed by atoms with van der Waals surface area (Å²) in [4.78, 5) is 0. The maximum atomic E-state index is 12.0. The van der Waals surface area contributed by atoms with Gasteiger partial charge < -0.3 is 10.5 Å². The third-order valence-electron chi connectivity index (χ3n) is 1.40. The van der Waals surface area contributed by atoms with E-state index in [4.69, 9.17) is 5.73 Å². The summed E-state index contributed by atoms with van der Waals surface area (Å²) in [6, 6.07) is 0. The Morgan fingerprint density at radius 1 is 1.50 bits per heavy atom. The van der Waals surface area contributed by atoms with Gasteiger partial charge >= 0.3 is 6.18 Å². The van der Waals surface area contributed by atoms with Crippen LogP contribution in [0.3, 0.4) is 0 Å². The highest BCUT2D eigenvalue weighted by Gasteiger charge is 2.36. The van der Waals surface area contributed by atoms with Gasteiger partial charge in [-0.25, -0.2) is 0 Å². The van der Waals surface area contributed by atoms with Crippen LogP contribution in [0.5, 0.6) is 0 Å². The molecule has 1 aromatic rings. The van der Waals surface area contributed by atoms with E-state index in [1.165, 1.54) is 0 Å². The Labute approximate surface area is 81.9 Å². The van der Waals surface area contributed by atoms with E-state index in [1.807, 2.05) is 0 Å². The molecule has 0 aliphatic heterocycles. The molecule has 0 amide bonds. The van der Waals surface area contributed by atoms with Crippen molar-refractivity contribution < 1.29 is 17.9 Å². The molecular weight excluding hydrogens is 219 g/mol. The number of nitrogens with two attached hydrogens (primary N) is 1. The number of rotatable bonds is 3. The third kappa shape index (κ3) is 3.11. The summed E-state index contributed by atoms with van der Waals surface area (Å²) >= 11 is 1.00. The van der Waals surface area contributed by atoms with Crippen LogP contribution in [0.1, 0.15) is 11.9 Å². The summed E-state index contributed by atoms with van der Waals surface area (Å²) in [5.41, 5.74) is 5.24. The van der Waals surface area contributed by atoms with Gasteiger partial charge in [0.1, 0.15) is 11.6 Å². The fraction of sp³-hybridized carbons (Fsp3) is 0.667. The van der Waals surface area contributed by atoms with Crippen molar-refractivity contribution in [2.75, 3.05) is 5.73 Å². The number of ether oxygens (including phenoxy) is 1. The Morgan fingerprint density at radius 3 is 2.57 bits per heavy atom. The minimum Gasteiger partial charge on any atom is -0.374 e. The van der Waals surface area contributed by atoms with E-state index in [9.17, 15) is 13.2 Å². The SMILES string of the molecule is CC(OCc1nnc(N)s1)C(F)(F)F. The topological polar surface area (TPSA) is 61.0 Å². The van der Waals surface area contributed by atoms with Crippen LogP contribution in [-0.2, 0) is 11.3 Å². The number of anilines is 1. The van der Waals surface area contributed by atoms with E-state index >= 15 is 0 Å². The Hall–Kier alpha value is -0.890. The average molecular weight is 227 g/mol. The lowest BCUT2D eigenvalue weighted by Gasteiger charge is -2.14. The van der Waals surface area contributed by atoms with Gasteiger partial charge in [-0.2, -0.15) is 13.2 Å². The van der Waals surface area contributed by atoms with Gasteiger partial charge in [0.25, 0.3) is 0 Å². The lowest BCUT2D eigenvalue weighted by atomic mass is 10.4. The number of alkyl halides is 3. The zero-order valence-corrected chi connectivity index (χ0v) is 8.02. The molecule has 0 fully saturated rings. The van der Waals surface area contributed by atoms with Gasteiger partial charge in [0.15, 0.2) is 6.10 Å². The minimum atomic E-state index is -4.35. The van der Waals surface area contributed by atoms with Crippen molar-refractivity contribution in [2.45, 2.75) is 25.8 Å². The normalized spacial score (nSPS) is 14.3. The lowest BCUT2D eigenvalue weighted by molar-refractivity contribution is -0.217. The van der Waals surface area contributed by atoms with Gasteiger partial charge in [-0.3, -0.25) is 0 Å². The highest BCUT2D eigenvalue weighted by Crippen LogP contribution is 2.23. The third-order valence-corrected chi connectivity index (χ3v) is 2.13. The summed E-state index contributed by atoms with van der Waals surface area (Å²) in [5, 5.41) is 7.51. The molecule has 0 saturated carbocycles. The molecule has 0 aliphatic carbocycles. The second-order valence-electron chi connectivity index (χ2n) is 2.53. The first-order valence-electron chi connectivity index (χ1n) is 3.66. The summed E-state index contributed by atoms with van der Waals surface area (Å²) in [5.74, 6) is 0. The number of nitrogen functional groups attached to an aromatic ring is 1. The molecule has 1 aromatic heterocycles. The number of aromatic nitrogens is 2. The molecule has 0 bridgehead atoms. The first-order valence-corrected chi connectivity index (χ1v) is 4.47. The largest absolute Gasteiger partial charge is 0.414 e. The van der Waals surface area contributed by atoms with Crippen molar-refractivity contribution in [2.24, 2.45) is 0 Å². The summed E-state index contributed by atoms with van der Waals surface area (Å²) < 4.78 is 40.5. The van der Waals surface area contributed by atoms with Gasteiger partial charge in [-0.15, -0.1) is 10.2 Å². The Morgan fingerprint density at radius 2 is 2.14 bits per heavy atom. The predicted molar refractivity (Wildman–Crippen MR) is 44.6 cm³/mol. The number of nitrogens with zero attached hydrogens (tertiary/aromatic N) is 2. The molecule has 0 saturated heterocycles. The molecule has 4 nitrogen and oxygen atoms in total. The first kappa shape index (κ1) is 11.2. The standard InChI is InChI=1S/C6H8F3N3OS/c1-3(6(7,8)9)13-2-4-11-12-5(10)14-4/h3H,2H2,1H3,(H2,10,12). The summed E-state index contributed by atoms with van der Waals surface area (Å²) in [6.45, 7) is 0.708. The molecule has 0 aliphatic rings. The van der Waals surface area contributed by atoms with Crippen molar-refractivity contribution >= 4 is 16.5 Å². The average Bonchev–Trinajstić information content (AvgIpc) is 2.45. The van der Waals surface area contributed by atoms with Crippen LogP contribution in [0.25, 0.3) is 0 Å². The van der Waals surface area contributed by atoms with E-state index in [0.29, 0.717) is 5.01 Å². The van der Waals surface area contributed by atoms with E-state index in [1.54, 1.807) is 0 Å². The van der Waals surface area contributed by atoms with Crippen molar-refractivity contribution in [1.29, 1.82) is 0 Å². The molecule has 1 unspecified atom stereocenters. The molecule has 0 spiro atoms. The van der Waals surface area contributed by atoms with E-state index < -0.39 is 12.3 Å². The highest BCUT2D eigenvalue weighted by molar-refractivity contribution is 7.15. The molecule has 14 heavy (non-hydrogen) atoms. The van der Waals surface area contributed by atoms with Crippen LogP contribution >= 0.6 is 11.3 Å². The van der Waals surface area contributed by atoms with Gasteiger partial charge in [0.2, 0.25) is 5.13 Å². The van der Waals surface area contributed by atoms with Crippen LogP contribution in [0.4, 0.5) is 18.3 Å². The van der Waals surface area contributed by atoms with Crippen molar-refractivity contribution in [1.82, 2.24) is 10.2 Å².